The zero-order valence-electron chi connectivity index (χ0n) is 11.2. The van der Waals surface area contributed by atoms with E-state index in [0.29, 0.717) is 12.0 Å². The highest BCUT2D eigenvalue weighted by Crippen LogP contribution is 2.36. The van der Waals surface area contributed by atoms with E-state index < -0.39 is 0 Å². The lowest BCUT2D eigenvalue weighted by atomic mass is 10.0. The number of rotatable bonds is 5. The fourth-order valence-corrected chi connectivity index (χ4v) is 3.62. The van der Waals surface area contributed by atoms with Gasteiger partial charge in [-0.25, -0.2) is 4.39 Å². The quantitative estimate of drug-likeness (QED) is 0.849. The molecule has 1 aromatic rings. The molecule has 1 aliphatic rings. The van der Waals surface area contributed by atoms with Gasteiger partial charge in [-0.3, -0.25) is 0 Å². The van der Waals surface area contributed by atoms with Crippen LogP contribution in [0.15, 0.2) is 23.1 Å². The highest BCUT2D eigenvalue weighted by molar-refractivity contribution is 7.99. The van der Waals surface area contributed by atoms with E-state index in [0.717, 1.165) is 24.3 Å². The molecule has 0 spiro atoms. The van der Waals surface area contributed by atoms with Crippen molar-refractivity contribution < 1.29 is 4.39 Å². The van der Waals surface area contributed by atoms with Crippen LogP contribution in [0.5, 0.6) is 0 Å². The molecule has 3 heteroatoms. The van der Waals surface area contributed by atoms with E-state index in [1.54, 1.807) is 12.1 Å². The van der Waals surface area contributed by atoms with Crippen LogP contribution in [0.4, 0.5) is 4.39 Å². The molecule has 0 radical (unpaired) electrons. The Bertz CT molecular complexity index is 394. The molecule has 0 saturated carbocycles. The summed E-state index contributed by atoms with van der Waals surface area (Å²) in [5.41, 5.74) is 1.15. The van der Waals surface area contributed by atoms with Crippen LogP contribution in [0.1, 0.15) is 44.7 Å². The molecule has 0 aromatic heterocycles. The van der Waals surface area contributed by atoms with Gasteiger partial charge in [-0.05, 0) is 54.8 Å². The van der Waals surface area contributed by atoms with Gasteiger partial charge in [-0.15, -0.1) is 11.8 Å². The van der Waals surface area contributed by atoms with Crippen LogP contribution in [0.3, 0.4) is 0 Å². The molecule has 1 nitrogen and oxygen atoms in total. The van der Waals surface area contributed by atoms with Gasteiger partial charge in [-0.2, -0.15) is 0 Å². The Labute approximate surface area is 114 Å². The summed E-state index contributed by atoms with van der Waals surface area (Å²) in [5, 5.41) is 3.61. The van der Waals surface area contributed by atoms with Crippen LogP contribution in [-0.2, 0) is 0 Å². The van der Waals surface area contributed by atoms with Gasteiger partial charge >= 0.3 is 0 Å². The molecule has 0 amide bonds. The molecule has 2 rings (SSSR count). The minimum atomic E-state index is -0.121. The Balaban J connectivity index is 2.01. The largest absolute Gasteiger partial charge is 0.310 e. The van der Waals surface area contributed by atoms with E-state index >= 15 is 0 Å². The fourth-order valence-electron chi connectivity index (χ4n) is 2.52. The maximum atomic E-state index is 13.4. The number of halogens is 1. The number of hydrogen-bond acceptors (Lipinski definition) is 2. The third kappa shape index (κ3) is 3.48. The van der Waals surface area contributed by atoms with Crippen LogP contribution in [-0.4, -0.2) is 12.3 Å². The molecular formula is C15H22FNS. The van der Waals surface area contributed by atoms with Crippen LogP contribution in [0.25, 0.3) is 0 Å². The lowest BCUT2D eigenvalue weighted by Gasteiger charge is -2.27. The smallest absolute Gasteiger partial charge is 0.123 e. The van der Waals surface area contributed by atoms with Crippen molar-refractivity contribution in [1.82, 2.24) is 5.32 Å². The maximum Gasteiger partial charge on any atom is 0.123 e. The Morgan fingerprint density at radius 2 is 2.33 bits per heavy atom. The summed E-state index contributed by atoms with van der Waals surface area (Å²) in [4.78, 5) is 1.24. The first kappa shape index (κ1) is 13.9. The number of benzene rings is 1. The molecule has 1 aromatic carbocycles. The third-order valence-corrected chi connectivity index (χ3v) is 4.63. The topological polar surface area (TPSA) is 12.0 Å². The van der Waals surface area contributed by atoms with Gasteiger partial charge in [0.1, 0.15) is 5.82 Å². The Kier molecular flexibility index (Phi) is 5.07. The summed E-state index contributed by atoms with van der Waals surface area (Å²) in [6, 6.07) is 5.51. The van der Waals surface area contributed by atoms with Crippen molar-refractivity contribution in [3.63, 3.8) is 0 Å². The predicted octanol–water partition coefficient (Wildman–Crippen LogP) is 4.39. The molecule has 0 fully saturated rings. The van der Waals surface area contributed by atoms with E-state index in [9.17, 15) is 4.39 Å². The fraction of sp³-hybridized carbons (Fsp3) is 0.600. The van der Waals surface area contributed by atoms with Crippen molar-refractivity contribution in [2.45, 2.75) is 44.0 Å². The Morgan fingerprint density at radius 3 is 3.11 bits per heavy atom. The molecular weight excluding hydrogens is 245 g/mol. The number of fused-ring (bicyclic) bond motifs is 1. The van der Waals surface area contributed by atoms with E-state index in [1.165, 1.54) is 17.7 Å². The van der Waals surface area contributed by atoms with Gasteiger partial charge in [0, 0.05) is 10.9 Å². The van der Waals surface area contributed by atoms with Gasteiger partial charge in [0.05, 0.1) is 0 Å². The summed E-state index contributed by atoms with van der Waals surface area (Å²) in [7, 11) is 0. The zero-order valence-corrected chi connectivity index (χ0v) is 12.0. The maximum absolute atomic E-state index is 13.4. The minimum absolute atomic E-state index is 0.121. The first-order chi connectivity index (χ1) is 8.70. The van der Waals surface area contributed by atoms with Crippen molar-refractivity contribution in [2.24, 2.45) is 5.92 Å². The van der Waals surface area contributed by atoms with Gasteiger partial charge in [-0.1, -0.05) is 20.3 Å². The average molecular weight is 267 g/mol. The Morgan fingerprint density at radius 1 is 1.50 bits per heavy atom. The standard InChI is InChI=1S/C15H22FNS/c1-3-4-11(2)10-17-14-7-8-18-15-6-5-12(16)9-13(14)15/h5-6,9,11,14,17H,3-4,7-8,10H2,1-2H3. The normalized spacial score (nSPS) is 20.5. The van der Waals surface area contributed by atoms with Crippen molar-refractivity contribution in [1.29, 1.82) is 0 Å². The average Bonchev–Trinajstić information content (AvgIpc) is 2.36. The lowest BCUT2D eigenvalue weighted by molar-refractivity contribution is 0.420. The van der Waals surface area contributed by atoms with Crippen LogP contribution in [0, 0.1) is 11.7 Å². The summed E-state index contributed by atoms with van der Waals surface area (Å²) in [6.45, 7) is 5.53. The first-order valence-electron chi connectivity index (χ1n) is 6.86. The van der Waals surface area contributed by atoms with Crippen LogP contribution < -0.4 is 5.32 Å². The summed E-state index contributed by atoms with van der Waals surface area (Å²) in [6.07, 6.45) is 3.58. The number of thioether (sulfide) groups is 1. The molecule has 0 bridgehead atoms. The molecule has 0 saturated heterocycles. The van der Waals surface area contributed by atoms with Crippen molar-refractivity contribution >= 4 is 11.8 Å². The first-order valence-corrected chi connectivity index (χ1v) is 7.85. The highest BCUT2D eigenvalue weighted by atomic mass is 32.2. The van der Waals surface area contributed by atoms with Gasteiger partial charge in [0.2, 0.25) is 0 Å². The second-order valence-electron chi connectivity index (χ2n) is 5.17. The molecule has 2 atom stereocenters. The van der Waals surface area contributed by atoms with Gasteiger partial charge in [0.15, 0.2) is 0 Å². The van der Waals surface area contributed by atoms with Crippen molar-refractivity contribution in [2.75, 3.05) is 12.3 Å². The molecule has 1 aliphatic heterocycles. The zero-order chi connectivity index (χ0) is 13.0. The lowest BCUT2D eigenvalue weighted by Crippen LogP contribution is -2.28. The Hall–Kier alpha value is -0.540. The minimum Gasteiger partial charge on any atom is -0.310 e. The summed E-state index contributed by atoms with van der Waals surface area (Å²) < 4.78 is 13.4. The van der Waals surface area contributed by atoms with Gasteiger partial charge < -0.3 is 5.32 Å². The van der Waals surface area contributed by atoms with E-state index in [-0.39, 0.29) is 5.82 Å². The molecule has 0 aliphatic carbocycles. The molecule has 1 heterocycles. The van der Waals surface area contributed by atoms with E-state index in [1.807, 2.05) is 17.8 Å². The van der Waals surface area contributed by atoms with E-state index in [4.69, 9.17) is 0 Å². The highest BCUT2D eigenvalue weighted by Gasteiger charge is 2.21. The van der Waals surface area contributed by atoms with Crippen LogP contribution >= 0.6 is 11.8 Å². The number of nitrogens with one attached hydrogen (secondary N) is 1. The molecule has 2 unspecified atom stereocenters. The monoisotopic (exact) mass is 267 g/mol. The molecule has 18 heavy (non-hydrogen) atoms. The van der Waals surface area contributed by atoms with Crippen LogP contribution in [0.2, 0.25) is 0 Å². The predicted molar refractivity (Wildman–Crippen MR) is 76.6 cm³/mol. The molecule has 100 valence electrons. The van der Waals surface area contributed by atoms with E-state index in [2.05, 4.69) is 19.2 Å². The van der Waals surface area contributed by atoms with Gasteiger partial charge in [0.25, 0.3) is 0 Å². The van der Waals surface area contributed by atoms with Crippen molar-refractivity contribution in [3.05, 3.63) is 29.6 Å². The molecule has 1 N–H and O–H groups in total. The summed E-state index contributed by atoms with van der Waals surface area (Å²) in [5.74, 6) is 1.70. The van der Waals surface area contributed by atoms with Crippen molar-refractivity contribution in [3.8, 4) is 0 Å². The number of hydrogen-bond donors (Lipinski definition) is 1. The SMILES string of the molecule is CCCC(C)CNC1CCSc2ccc(F)cc21. The summed E-state index contributed by atoms with van der Waals surface area (Å²) >= 11 is 1.84. The third-order valence-electron chi connectivity index (χ3n) is 3.51. The second-order valence-corrected chi connectivity index (χ2v) is 6.31. The second kappa shape index (κ2) is 6.58.